The number of hydrogen-bond acceptors (Lipinski definition) is 6. The molecule has 0 atom stereocenters. The molecule has 0 aromatic carbocycles. The summed E-state index contributed by atoms with van der Waals surface area (Å²) in [5.41, 5.74) is 18.5. The zero-order chi connectivity index (χ0) is 23.4. The van der Waals surface area contributed by atoms with Crippen LogP contribution in [0.4, 0.5) is 0 Å². The fourth-order valence-electron chi connectivity index (χ4n) is 4.60. The van der Waals surface area contributed by atoms with Crippen molar-refractivity contribution in [3.8, 4) is 0 Å². The predicted octanol–water partition coefficient (Wildman–Crippen LogP) is 2.23. The fourth-order valence-corrected chi connectivity index (χ4v) is 4.69. The van der Waals surface area contributed by atoms with Gasteiger partial charge in [-0.3, -0.25) is 10.9 Å². The maximum absolute atomic E-state index is 5.34. The van der Waals surface area contributed by atoms with Crippen LogP contribution in [0.2, 0.25) is 0 Å². The molecular weight excluding hydrogens is 482 g/mol. The zero-order valence-corrected chi connectivity index (χ0v) is 25.0. The largest absolute Gasteiger partial charge is 0.375 e. The van der Waals surface area contributed by atoms with Crippen LogP contribution in [-0.2, 0) is 19.5 Å². The van der Waals surface area contributed by atoms with Crippen molar-refractivity contribution >= 4 is 46.1 Å². The molecule has 0 aromatic rings. The molecule has 0 aliphatic carbocycles. The summed E-state index contributed by atoms with van der Waals surface area (Å²) in [5, 5.41) is 16.1. The molecule has 174 valence electrons. The van der Waals surface area contributed by atoms with Crippen molar-refractivity contribution in [2.24, 2.45) is 21.7 Å². The fraction of sp³-hybridized carbons (Fsp3) is 0.800. The number of nitrogens with zero attached hydrogens (tertiary/aromatic N) is 2. The SMILES string of the molecule is CC1(C)CC(=NNC(N)=S)CC(C)(C)N1.CC1(C)CC(=NNC(N)=S)CC(C)(C)N1.[Zn]. The van der Waals surface area contributed by atoms with Gasteiger partial charge >= 0.3 is 0 Å². The van der Waals surface area contributed by atoms with Gasteiger partial charge in [-0.2, -0.15) is 10.2 Å². The van der Waals surface area contributed by atoms with Gasteiger partial charge in [0.2, 0.25) is 0 Å². The quantitative estimate of drug-likeness (QED) is 0.186. The van der Waals surface area contributed by atoms with Crippen LogP contribution in [-0.4, -0.2) is 43.8 Å². The van der Waals surface area contributed by atoms with Crippen molar-refractivity contribution in [1.82, 2.24) is 21.5 Å². The van der Waals surface area contributed by atoms with Crippen LogP contribution in [0.1, 0.15) is 81.1 Å². The average molecular weight is 522 g/mol. The molecule has 0 bridgehead atoms. The van der Waals surface area contributed by atoms with E-state index in [1.165, 1.54) is 0 Å². The first-order valence-corrected chi connectivity index (χ1v) is 11.0. The molecule has 31 heavy (non-hydrogen) atoms. The van der Waals surface area contributed by atoms with Gasteiger partial charge in [-0.1, -0.05) is 0 Å². The van der Waals surface area contributed by atoms with E-state index in [9.17, 15) is 0 Å². The summed E-state index contributed by atoms with van der Waals surface area (Å²) in [6.07, 6.45) is 3.64. The molecule has 2 aliphatic heterocycles. The van der Waals surface area contributed by atoms with Crippen LogP contribution >= 0.6 is 24.4 Å². The van der Waals surface area contributed by atoms with Crippen LogP contribution in [0.5, 0.6) is 0 Å². The van der Waals surface area contributed by atoms with Gasteiger partial charge in [-0.25, -0.2) is 0 Å². The first-order chi connectivity index (χ1) is 13.4. The van der Waals surface area contributed by atoms with Gasteiger partial charge in [-0.15, -0.1) is 0 Å². The summed E-state index contributed by atoms with van der Waals surface area (Å²) in [4.78, 5) is 0. The van der Waals surface area contributed by atoms with E-state index in [1.807, 2.05) is 0 Å². The third-order valence-corrected chi connectivity index (χ3v) is 4.77. The molecule has 0 aromatic heterocycles. The molecule has 0 radical (unpaired) electrons. The minimum atomic E-state index is 0. The molecule has 2 heterocycles. The van der Waals surface area contributed by atoms with Crippen LogP contribution in [0.15, 0.2) is 10.2 Å². The molecule has 11 heteroatoms. The molecule has 2 rings (SSSR count). The number of nitrogens with one attached hydrogen (secondary N) is 4. The maximum atomic E-state index is 5.34. The Hall–Kier alpha value is -0.737. The summed E-state index contributed by atoms with van der Waals surface area (Å²) in [6, 6.07) is 0. The Kier molecular flexibility index (Phi) is 11.1. The van der Waals surface area contributed by atoms with Crippen molar-refractivity contribution in [2.45, 2.75) is 103 Å². The van der Waals surface area contributed by atoms with E-state index in [0.717, 1.165) is 37.1 Å². The Bertz CT molecular complexity index is 618. The summed E-state index contributed by atoms with van der Waals surface area (Å²) < 4.78 is 0. The molecule has 8 nitrogen and oxygen atoms in total. The van der Waals surface area contributed by atoms with Crippen molar-refractivity contribution in [3.05, 3.63) is 0 Å². The van der Waals surface area contributed by atoms with E-state index < -0.39 is 0 Å². The van der Waals surface area contributed by atoms with E-state index in [4.69, 9.17) is 35.9 Å². The number of hydrogen-bond donors (Lipinski definition) is 6. The van der Waals surface area contributed by atoms with E-state index in [0.29, 0.717) is 0 Å². The minimum absolute atomic E-state index is 0. The van der Waals surface area contributed by atoms with E-state index in [2.05, 4.69) is 87.1 Å². The molecule has 2 saturated heterocycles. The topological polar surface area (TPSA) is 125 Å². The Balaban J connectivity index is 0.000000562. The van der Waals surface area contributed by atoms with Gasteiger partial charge < -0.3 is 22.1 Å². The van der Waals surface area contributed by atoms with Gasteiger partial charge in [0.1, 0.15) is 0 Å². The third-order valence-electron chi connectivity index (χ3n) is 4.59. The minimum Gasteiger partial charge on any atom is -0.375 e. The maximum Gasteiger partial charge on any atom is 0.184 e. The van der Waals surface area contributed by atoms with Gasteiger partial charge in [0.15, 0.2) is 10.2 Å². The van der Waals surface area contributed by atoms with Gasteiger partial charge in [0.25, 0.3) is 0 Å². The molecule has 2 fully saturated rings. The summed E-state index contributed by atoms with van der Waals surface area (Å²) in [6.45, 7) is 17.4. The number of rotatable bonds is 2. The van der Waals surface area contributed by atoms with Crippen LogP contribution < -0.4 is 33.0 Å². The normalized spacial score (nSPS) is 22.6. The molecule has 2 aliphatic rings. The molecule has 0 amide bonds. The standard InChI is InChI=1S/2C10H20N4S.Zn/c2*1-9(2)5-7(12-13-8(11)15)6-10(3,4)14-9;/h2*14H,5-6H2,1-4H3,(H3,11,13,15);. The average Bonchev–Trinajstić information content (AvgIpc) is 2.45. The Morgan fingerprint density at radius 1 is 0.677 bits per heavy atom. The molecule has 0 spiro atoms. The zero-order valence-electron chi connectivity index (χ0n) is 20.4. The summed E-state index contributed by atoms with van der Waals surface area (Å²) in [7, 11) is 0. The van der Waals surface area contributed by atoms with Crippen molar-refractivity contribution in [2.75, 3.05) is 0 Å². The Morgan fingerprint density at radius 3 is 1.10 bits per heavy atom. The second kappa shape index (κ2) is 11.4. The first kappa shape index (κ1) is 30.3. The van der Waals surface area contributed by atoms with Gasteiger partial charge in [0.05, 0.1) is 0 Å². The smallest absolute Gasteiger partial charge is 0.184 e. The number of hydrazone groups is 2. The number of piperidine rings is 2. The van der Waals surface area contributed by atoms with Crippen molar-refractivity contribution in [1.29, 1.82) is 0 Å². The van der Waals surface area contributed by atoms with E-state index in [1.54, 1.807) is 0 Å². The first-order valence-electron chi connectivity index (χ1n) is 10.2. The van der Waals surface area contributed by atoms with Crippen LogP contribution in [0.25, 0.3) is 0 Å². The number of nitrogens with two attached hydrogens (primary N) is 2. The molecule has 0 unspecified atom stereocenters. The second-order valence-corrected chi connectivity index (χ2v) is 11.7. The van der Waals surface area contributed by atoms with Crippen LogP contribution in [0, 0.1) is 0 Å². The van der Waals surface area contributed by atoms with Gasteiger partial charge in [0, 0.05) is 78.7 Å². The molecular formula is C20H40N8S2Zn. The number of thiocarbonyl (C=S) groups is 2. The van der Waals surface area contributed by atoms with Crippen molar-refractivity contribution in [3.63, 3.8) is 0 Å². The Morgan fingerprint density at radius 2 is 0.903 bits per heavy atom. The third kappa shape index (κ3) is 12.8. The Labute approximate surface area is 211 Å². The van der Waals surface area contributed by atoms with Gasteiger partial charge in [-0.05, 0) is 79.8 Å². The van der Waals surface area contributed by atoms with E-state index >= 15 is 0 Å². The molecule has 8 N–H and O–H groups in total. The predicted molar refractivity (Wildman–Crippen MR) is 136 cm³/mol. The second-order valence-electron chi connectivity index (χ2n) is 10.8. The van der Waals surface area contributed by atoms with Crippen molar-refractivity contribution < 1.29 is 19.5 Å². The van der Waals surface area contributed by atoms with E-state index in [-0.39, 0.29) is 51.9 Å². The monoisotopic (exact) mass is 520 g/mol. The summed E-state index contributed by atoms with van der Waals surface area (Å²) >= 11 is 9.44. The van der Waals surface area contributed by atoms with Crippen LogP contribution in [0.3, 0.4) is 0 Å². The molecule has 0 saturated carbocycles. The summed E-state index contributed by atoms with van der Waals surface area (Å²) in [5.74, 6) is 0.